The number of nitrogens with zero attached hydrogens (tertiary/aromatic N) is 2. The predicted molar refractivity (Wildman–Crippen MR) is 83.6 cm³/mol. The topological polar surface area (TPSA) is 47.3 Å². The average Bonchev–Trinajstić information content (AvgIpc) is 2.87. The van der Waals surface area contributed by atoms with Gasteiger partial charge in [-0.05, 0) is 56.4 Å². The molecule has 3 fully saturated rings. The molecule has 2 saturated heterocycles. The third-order valence-electron chi connectivity index (χ3n) is 6.86. The van der Waals surface area contributed by atoms with E-state index in [1.807, 2.05) is 0 Å². The molecule has 3 atom stereocenters. The molecule has 1 saturated carbocycles. The quantitative estimate of drug-likeness (QED) is 0.807. The van der Waals surface area contributed by atoms with Crippen LogP contribution >= 0.6 is 0 Å². The first-order chi connectivity index (χ1) is 9.81. The van der Waals surface area contributed by atoms with E-state index in [0.29, 0.717) is 17.3 Å². The van der Waals surface area contributed by atoms with E-state index < -0.39 is 11.0 Å². The van der Waals surface area contributed by atoms with E-state index in [1.54, 1.807) is 0 Å². The highest BCUT2D eigenvalue weighted by Crippen LogP contribution is 2.55. The van der Waals surface area contributed by atoms with Crippen LogP contribution in [0.2, 0.25) is 0 Å². The molecule has 3 unspecified atom stereocenters. The van der Waals surface area contributed by atoms with Crippen molar-refractivity contribution in [1.29, 1.82) is 5.26 Å². The highest BCUT2D eigenvalue weighted by Gasteiger charge is 2.59. The number of nitriles is 1. The third-order valence-corrected chi connectivity index (χ3v) is 6.86. The van der Waals surface area contributed by atoms with Crippen LogP contribution in [-0.4, -0.2) is 35.2 Å². The molecule has 2 aliphatic heterocycles. The Hall–Kier alpha value is -0.590. The van der Waals surface area contributed by atoms with Gasteiger partial charge in [-0.1, -0.05) is 20.8 Å². The van der Waals surface area contributed by atoms with Gasteiger partial charge in [0.1, 0.15) is 0 Å². The molecule has 1 aliphatic carbocycles. The zero-order chi connectivity index (χ0) is 15.3. The van der Waals surface area contributed by atoms with Gasteiger partial charge in [0.25, 0.3) is 0 Å². The average molecular weight is 290 g/mol. The summed E-state index contributed by atoms with van der Waals surface area (Å²) in [7, 11) is 0. The molecule has 3 heteroatoms. The summed E-state index contributed by atoms with van der Waals surface area (Å²) in [5.74, 6) is 1.00. The summed E-state index contributed by atoms with van der Waals surface area (Å²) < 4.78 is 0. The van der Waals surface area contributed by atoms with Gasteiger partial charge in [-0.2, -0.15) is 5.26 Å². The molecule has 0 spiro atoms. The minimum Gasteiger partial charge on any atom is -0.388 e. The van der Waals surface area contributed by atoms with Crippen molar-refractivity contribution in [2.75, 3.05) is 19.6 Å². The van der Waals surface area contributed by atoms with Crippen molar-refractivity contribution in [3.05, 3.63) is 0 Å². The Morgan fingerprint density at radius 1 is 1.10 bits per heavy atom. The van der Waals surface area contributed by atoms with Gasteiger partial charge < -0.3 is 10.0 Å². The van der Waals surface area contributed by atoms with E-state index in [2.05, 4.69) is 31.7 Å². The molecule has 3 nitrogen and oxygen atoms in total. The second kappa shape index (κ2) is 4.96. The second-order valence-electron chi connectivity index (χ2n) is 8.79. The first kappa shape index (κ1) is 15.3. The fourth-order valence-electron chi connectivity index (χ4n) is 5.21. The molecule has 2 heterocycles. The lowest BCUT2D eigenvalue weighted by atomic mass is 9.54. The van der Waals surface area contributed by atoms with Crippen molar-refractivity contribution in [3.63, 3.8) is 0 Å². The summed E-state index contributed by atoms with van der Waals surface area (Å²) in [5.41, 5.74) is -0.908. The Bertz CT molecular complexity index is 439. The van der Waals surface area contributed by atoms with Gasteiger partial charge in [-0.15, -0.1) is 0 Å². The Morgan fingerprint density at radius 3 is 2.33 bits per heavy atom. The third kappa shape index (κ3) is 2.32. The molecule has 0 amide bonds. The highest BCUT2D eigenvalue weighted by molar-refractivity contribution is 5.18. The van der Waals surface area contributed by atoms with Gasteiger partial charge in [0, 0.05) is 19.0 Å². The van der Waals surface area contributed by atoms with Gasteiger partial charge in [0.2, 0.25) is 0 Å². The van der Waals surface area contributed by atoms with Crippen LogP contribution in [0.25, 0.3) is 0 Å². The maximum Gasteiger partial charge on any atom is 0.0886 e. The van der Waals surface area contributed by atoms with E-state index in [1.165, 1.54) is 0 Å². The van der Waals surface area contributed by atoms with Crippen molar-refractivity contribution >= 4 is 0 Å². The maximum absolute atomic E-state index is 11.5. The zero-order valence-electron chi connectivity index (χ0n) is 13.9. The number of aliphatic hydroxyl groups is 1. The number of fused-ring (bicyclic) bond motifs is 2. The molecule has 1 N–H and O–H groups in total. The van der Waals surface area contributed by atoms with Gasteiger partial charge in [-0.25, -0.2) is 0 Å². The lowest BCUT2D eigenvalue weighted by Gasteiger charge is -2.52. The van der Waals surface area contributed by atoms with Crippen molar-refractivity contribution < 1.29 is 5.11 Å². The van der Waals surface area contributed by atoms with Crippen LogP contribution in [0.1, 0.15) is 59.3 Å². The molecule has 2 bridgehead atoms. The SMILES string of the molecule is CC(C)(C)C1CCC(C#N)(C2(O)CCN3CCC2C3)CC1. The Kier molecular flexibility index (Phi) is 3.62. The maximum atomic E-state index is 11.5. The molecular weight excluding hydrogens is 260 g/mol. The fraction of sp³-hybridized carbons (Fsp3) is 0.944. The first-order valence-corrected chi connectivity index (χ1v) is 8.67. The monoisotopic (exact) mass is 290 g/mol. The normalized spacial score (nSPS) is 47.1. The number of rotatable bonds is 1. The number of piperidine rings is 1. The summed E-state index contributed by atoms with van der Waals surface area (Å²) in [5, 5.41) is 21.4. The minimum atomic E-state index is -0.738. The summed E-state index contributed by atoms with van der Waals surface area (Å²) in [6, 6.07) is 2.61. The Morgan fingerprint density at radius 2 is 1.76 bits per heavy atom. The summed E-state index contributed by atoms with van der Waals surface area (Å²) in [6.07, 6.45) is 5.83. The second-order valence-corrected chi connectivity index (χ2v) is 8.79. The van der Waals surface area contributed by atoms with Gasteiger partial charge in [-0.3, -0.25) is 0 Å². The molecular formula is C18H30N2O. The molecule has 118 valence electrons. The predicted octanol–water partition coefficient (Wildman–Crippen LogP) is 3.19. The summed E-state index contributed by atoms with van der Waals surface area (Å²) in [6.45, 7) is 10.0. The molecule has 21 heavy (non-hydrogen) atoms. The molecule has 3 aliphatic rings. The van der Waals surface area contributed by atoms with Crippen molar-refractivity contribution in [2.45, 2.75) is 64.9 Å². The standard InChI is InChI=1S/C18H30N2O/c1-16(2,3)14-4-7-17(13-19,8-5-14)18(21)9-11-20-10-6-15(18)12-20/h14-15,21H,4-12H2,1-3H3. The van der Waals surface area contributed by atoms with Crippen LogP contribution in [0.3, 0.4) is 0 Å². The van der Waals surface area contributed by atoms with Crippen LogP contribution in [0.15, 0.2) is 0 Å². The Labute approximate surface area is 129 Å². The van der Waals surface area contributed by atoms with Crippen LogP contribution < -0.4 is 0 Å². The van der Waals surface area contributed by atoms with Crippen LogP contribution in [0.4, 0.5) is 0 Å². The molecule has 0 aromatic rings. The van der Waals surface area contributed by atoms with E-state index >= 15 is 0 Å². The first-order valence-electron chi connectivity index (χ1n) is 8.67. The molecule has 0 aromatic heterocycles. The largest absolute Gasteiger partial charge is 0.388 e. The Balaban J connectivity index is 1.81. The van der Waals surface area contributed by atoms with E-state index in [0.717, 1.165) is 58.2 Å². The van der Waals surface area contributed by atoms with Crippen LogP contribution in [-0.2, 0) is 0 Å². The van der Waals surface area contributed by atoms with Gasteiger partial charge in [0.05, 0.1) is 17.1 Å². The van der Waals surface area contributed by atoms with Crippen molar-refractivity contribution in [2.24, 2.45) is 22.7 Å². The van der Waals surface area contributed by atoms with Crippen molar-refractivity contribution in [3.8, 4) is 6.07 Å². The summed E-state index contributed by atoms with van der Waals surface area (Å²) in [4.78, 5) is 2.45. The fourth-order valence-corrected chi connectivity index (χ4v) is 5.21. The molecule has 3 rings (SSSR count). The van der Waals surface area contributed by atoms with Crippen LogP contribution in [0.5, 0.6) is 0 Å². The van der Waals surface area contributed by atoms with Gasteiger partial charge >= 0.3 is 0 Å². The van der Waals surface area contributed by atoms with E-state index in [9.17, 15) is 10.4 Å². The van der Waals surface area contributed by atoms with Crippen molar-refractivity contribution in [1.82, 2.24) is 4.90 Å². The highest BCUT2D eigenvalue weighted by atomic mass is 16.3. The number of hydrogen-bond acceptors (Lipinski definition) is 3. The zero-order valence-corrected chi connectivity index (χ0v) is 13.9. The van der Waals surface area contributed by atoms with Gasteiger partial charge in [0.15, 0.2) is 0 Å². The smallest absolute Gasteiger partial charge is 0.0886 e. The lowest BCUT2D eigenvalue weighted by Crippen LogP contribution is -2.58. The van der Waals surface area contributed by atoms with E-state index in [4.69, 9.17) is 0 Å². The van der Waals surface area contributed by atoms with E-state index in [-0.39, 0.29) is 0 Å². The minimum absolute atomic E-state index is 0.317. The molecule has 0 aromatic carbocycles. The van der Waals surface area contributed by atoms with Crippen LogP contribution in [0, 0.1) is 34.0 Å². The molecule has 0 radical (unpaired) electrons. The lowest BCUT2D eigenvalue weighted by molar-refractivity contribution is -0.139. The number of hydrogen-bond donors (Lipinski definition) is 1. The summed E-state index contributed by atoms with van der Waals surface area (Å²) >= 11 is 0.